The summed E-state index contributed by atoms with van der Waals surface area (Å²) in [5.41, 5.74) is 4.50. The Bertz CT molecular complexity index is 1070. The van der Waals surface area contributed by atoms with Crippen molar-refractivity contribution in [1.82, 2.24) is 0 Å². The fourth-order valence-corrected chi connectivity index (χ4v) is 3.18. The zero-order valence-corrected chi connectivity index (χ0v) is 18.9. The first-order chi connectivity index (χ1) is 14.2. The van der Waals surface area contributed by atoms with Gasteiger partial charge in [0.05, 0.1) is 19.3 Å². The number of hydrogen-bond donors (Lipinski definition) is 0. The standard InChI is InChI=1S/C19H21N4S.CH4O4S/c1-15-14-24-19(23(15)3)21-20-17-9-11-18(12-10-17)22(2)13-16-7-5-4-6-8-16;1-5-6(2,3)4/h4-12,14H,13H2,1-3H3;1H3,(H,2,3,4)/q+1;/p-1. The van der Waals surface area contributed by atoms with Crippen LogP contribution in [-0.2, 0) is 28.2 Å². The summed E-state index contributed by atoms with van der Waals surface area (Å²) in [6.45, 7) is 2.94. The summed E-state index contributed by atoms with van der Waals surface area (Å²) in [6.07, 6.45) is 0. The first-order valence-electron chi connectivity index (χ1n) is 8.92. The SMILES string of the molecule is COS(=O)(=O)[O-].Cc1csc(N=Nc2ccc(N(C)Cc3ccccc3)cc2)[n+]1C. The van der Waals surface area contributed by atoms with E-state index in [1.807, 2.05) is 29.8 Å². The number of azo groups is 1. The molecule has 1 aromatic heterocycles. The van der Waals surface area contributed by atoms with Crippen LogP contribution in [0.25, 0.3) is 0 Å². The van der Waals surface area contributed by atoms with Crippen molar-refractivity contribution in [2.75, 3.05) is 19.1 Å². The predicted octanol–water partition coefficient (Wildman–Crippen LogP) is 4.03. The molecule has 0 bridgehead atoms. The minimum atomic E-state index is -4.41. The fraction of sp³-hybridized carbons (Fsp3) is 0.250. The number of benzene rings is 2. The maximum atomic E-state index is 9.22. The first kappa shape index (κ1) is 23.6. The van der Waals surface area contributed by atoms with Crippen LogP contribution in [0.3, 0.4) is 0 Å². The molecule has 0 saturated heterocycles. The van der Waals surface area contributed by atoms with Crippen molar-refractivity contribution in [3.05, 3.63) is 71.2 Å². The van der Waals surface area contributed by atoms with Crippen LogP contribution in [0.5, 0.6) is 0 Å². The lowest BCUT2D eigenvalue weighted by Gasteiger charge is -2.19. The highest BCUT2D eigenvalue weighted by molar-refractivity contribution is 7.80. The zero-order valence-electron chi connectivity index (χ0n) is 17.2. The Morgan fingerprint density at radius 2 is 1.70 bits per heavy atom. The van der Waals surface area contributed by atoms with Gasteiger partial charge in [-0.25, -0.2) is 13.0 Å². The number of hydrogen-bond acceptors (Lipinski definition) is 8. The quantitative estimate of drug-likeness (QED) is 0.245. The molecule has 0 unspecified atom stereocenters. The monoisotopic (exact) mass is 448 g/mol. The molecule has 0 radical (unpaired) electrons. The molecule has 8 nitrogen and oxygen atoms in total. The third-order valence-corrected chi connectivity index (χ3v) is 5.59. The van der Waals surface area contributed by atoms with E-state index in [0.717, 1.165) is 30.2 Å². The molecule has 0 atom stereocenters. The molecule has 0 aliphatic heterocycles. The van der Waals surface area contributed by atoms with E-state index in [4.69, 9.17) is 0 Å². The van der Waals surface area contributed by atoms with Crippen LogP contribution in [-0.4, -0.2) is 27.1 Å². The van der Waals surface area contributed by atoms with Gasteiger partial charge in [0.2, 0.25) is 10.4 Å². The van der Waals surface area contributed by atoms with Gasteiger partial charge >= 0.3 is 5.13 Å². The molecule has 3 rings (SSSR count). The molecule has 1 heterocycles. The summed E-state index contributed by atoms with van der Waals surface area (Å²) in [4.78, 5) is 2.22. The molecule has 160 valence electrons. The molecule has 0 fully saturated rings. The largest absolute Gasteiger partial charge is 0.726 e. The molecule has 0 aliphatic rings. The average Bonchev–Trinajstić information content (AvgIpc) is 3.05. The normalized spacial score (nSPS) is 11.2. The van der Waals surface area contributed by atoms with E-state index in [1.165, 1.54) is 11.3 Å². The smallest absolute Gasteiger partial charge is 0.408 e. The van der Waals surface area contributed by atoms with E-state index in [0.29, 0.717) is 0 Å². The molecule has 0 saturated carbocycles. The number of nitrogens with zero attached hydrogens (tertiary/aromatic N) is 4. The number of rotatable bonds is 6. The van der Waals surface area contributed by atoms with Gasteiger partial charge in [0.1, 0.15) is 11.4 Å². The lowest BCUT2D eigenvalue weighted by Crippen LogP contribution is -2.28. The van der Waals surface area contributed by atoms with Crippen molar-refractivity contribution in [2.45, 2.75) is 13.5 Å². The minimum absolute atomic E-state index is 0.808. The van der Waals surface area contributed by atoms with E-state index in [2.05, 4.69) is 75.1 Å². The highest BCUT2D eigenvalue weighted by Gasteiger charge is 2.11. The average molecular weight is 449 g/mol. The Kier molecular flexibility index (Phi) is 8.60. The number of thiazole rings is 1. The van der Waals surface area contributed by atoms with Gasteiger partial charge in [0.15, 0.2) is 0 Å². The van der Waals surface area contributed by atoms with Crippen LogP contribution in [0.15, 0.2) is 70.2 Å². The van der Waals surface area contributed by atoms with Gasteiger partial charge in [-0.2, -0.15) is 0 Å². The van der Waals surface area contributed by atoms with Crippen LogP contribution in [0.2, 0.25) is 0 Å². The Balaban J connectivity index is 0.000000469. The summed E-state index contributed by atoms with van der Waals surface area (Å²) in [6, 6.07) is 18.6. The maximum absolute atomic E-state index is 9.22. The molecule has 0 aliphatic carbocycles. The van der Waals surface area contributed by atoms with Crippen LogP contribution < -0.4 is 9.47 Å². The summed E-state index contributed by atoms with van der Waals surface area (Å²) in [7, 11) is 0.493. The molecular weight excluding hydrogens is 424 g/mol. The van der Waals surface area contributed by atoms with Gasteiger partial charge in [-0.1, -0.05) is 30.3 Å². The second-order valence-electron chi connectivity index (χ2n) is 6.35. The predicted molar refractivity (Wildman–Crippen MR) is 116 cm³/mol. The molecule has 0 N–H and O–H groups in total. The number of anilines is 1. The van der Waals surface area contributed by atoms with Crippen molar-refractivity contribution in [3.63, 3.8) is 0 Å². The summed E-state index contributed by atoms with van der Waals surface area (Å²) in [5.74, 6) is 0. The van der Waals surface area contributed by atoms with Crippen molar-refractivity contribution in [1.29, 1.82) is 0 Å². The third-order valence-electron chi connectivity index (χ3n) is 4.16. The highest BCUT2D eigenvalue weighted by Crippen LogP contribution is 2.23. The van der Waals surface area contributed by atoms with E-state index in [1.54, 1.807) is 11.3 Å². The van der Waals surface area contributed by atoms with E-state index < -0.39 is 10.4 Å². The van der Waals surface area contributed by atoms with Gasteiger partial charge in [0.25, 0.3) is 0 Å². The lowest BCUT2D eigenvalue weighted by molar-refractivity contribution is -0.660. The van der Waals surface area contributed by atoms with Crippen LogP contribution in [0, 0.1) is 6.92 Å². The van der Waals surface area contributed by atoms with Crippen molar-refractivity contribution in [2.24, 2.45) is 17.3 Å². The van der Waals surface area contributed by atoms with Crippen molar-refractivity contribution in [3.8, 4) is 0 Å². The molecule has 30 heavy (non-hydrogen) atoms. The number of aryl methyl sites for hydroxylation is 1. The molecule has 2 aromatic carbocycles. The van der Waals surface area contributed by atoms with Gasteiger partial charge in [0, 0.05) is 24.7 Å². The molecular formula is C20H24N4O4S2. The third kappa shape index (κ3) is 7.64. The Morgan fingerprint density at radius 3 is 2.20 bits per heavy atom. The summed E-state index contributed by atoms with van der Waals surface area (Å²) in [5, 5.41) is 11.6. The molecule has 0 spiro atoms. The maximum Gasteiger partial charge on any atom is 0.408 e. The summed E-state index contributed by atoms with van der Waals surface area (Å²) >= 11 is 1.60. The van der Waals surface area contributed by atoms with Crippen molar-refractivity contribution >= 4 is 38.2 Å². The minimum Gasteiger partial charge on any atom is -0.726 e. The Morgan fingerprint density at radius 1 is 1.10 bits per heavy atom. The van der Waals surface area contributed by atoms with E-state index in [-0.39, 0.29) is 0 Å². The van der Waals surface area contributed by atoms with Crippen molar-refractivity contribution < 1.29 is 21.7 Å². The molecule has 3 aromatic rings. The van der Waals surface area contributed by atoms with Gasteiger partial charge in [-0.15, -0.1) is 0 Å². The van der Waals surface area contributed by atoms with Crippen LogP contribution in [0.1, 0.15) is 11.3 Å². The summed E-state index contributed by atoms with van der Waals surface area (Å²) < 4.78 is 33.1. The highest BCUT2D eigenvalue weighted by atomic mass is 32.3. The molecule has 0 amide bonds. The van der Waals surface area contributed by atoms with Crippen LogP contribution >= 0.6 is 11.3 Å². The number of aromatic nitrogens is 1. The van der Waals surface area contributed by atoms with Crippen LogP contribution in [0.4, 0.5) is 16.5 Å². The Hall–Kier alpha value is -2.66. The van der Waals surface area contributed by atoms with E-state index >= 15 is 0 Å². The van der Waals surface area contributed by atoms with E-state index in [9.17, 15) is 13.0 Å². The van der Waals surface area contributed by atoms with Gasteiger partial charge < -0.3 is 9.45 Å². The second kappa shape index (κ2) is 10.9. The second-order valence-corrected chi connectivity index (χ2v) is 8.34. The van der Waals surface area contributed by atoms with Gasteiger partial charge in [-0.3, -0.25) is 4.18 Å². The zero-order chi connectivity index (χ0) is 22.1. The Labute approximate surface area is 181 Å². The molecule has 10 heteroatoms. The fourth-order valence-electron chi connectivity index (χ4n) is 2.36. The van der Waals surface area contributed by atoms with Gasteiger partial charge in [-0.05, 0) is 53.2 Å². The first-order valence-corrected chi connectivity index (χ1v) is 11.1. The topological polar surface area (TPSA) is 98.3 Å². The lowest BCUT2D eigenvalue weighted by atomic mass is 10.2.